The van der Waals surface area contributed by atoms with Crippen molar-refractivity contribution < 1.29 is 0 Å². The third-order valence-corrected chi connectivity index (χ3v) is 4.02. The zero-order chi connectivity index (χ0) is 14.4. The van der Waals surface area contributed by atoms with Gasteiger partial charge in [-0.25, -0.2) is 0 Å². The van der Waals surface area contributed by atoms with Crippen LogP contribution in [0.25, 0.3) is 0 Å². The Labute approximate surface area is 123 Å². The van der Waals surface area contributed by atoms with E-state index in [1.807, 2.05) is 12.4 Å². The normalized spacial score (nSPS) is 16.9. The van der Waals surface area contributed by atoms with Crippen molar-refractivity contribution in [1.29, 1.82) is 0 Å². The van der Waals surface area contributed by atoms with Gasteiger partial charge in [0.05, 0.1) is 0 Å². The number of aromatic nitrogens is 1. The van der Waals surface area contributed by atoms with Gasteiger partial charge in [-0.3, -0.25) is 4.98 Å². The van der Waals surface area contributed by atoms with Crippen LogP contribution in [0, 0.1) is 5.92 Å². The number of pyridine rings is 1. The van der Waals surface area contributed by atoms with E-state index in [2.05, 4.69) is 47.2 Å². The quantitative estimate of drug-likeness (QED) is 0.861. The van der Waals surface area contributed by atoms with Crippen LogP contribution in [0.1, 0.15) is 25.3 Å². The number of nitrogens with one attached hydrogen (secondary N) is 1. The van der Waals surface area contributed by atoms with Crippen LogP contribution in [0.15, 0.2) is 18.5 Å². The monoisotopic (exact) mass is 276 g/mol. The molecule has 1 aliphatic rings. The second kappa shape index (κ2) is 7.60. The molecule has 0 unspecified atom stereocenters. The summed E-state index contributed by atoms with van der Waals surface area (Å²) in [5, 5.41) is 3.41. The lowest BCUT2D eigenvalue weighted by Gasteiger charge is -2.35. The van der Waals surface area contributed by atoms with E-state index in [1.165, 1.54) is 43.7 Å². The molecule has 2 rings (SSSR count). The zero-order valence-corrected chi connectivity index (χ0v) is 13.1. The molecule has 1 aromatic heterocycles. The van der Waals surface area contributed by atoms with Gasteiger partial charge in [0.1, 0.15) is 0 Å². The summed E-state index contributed by atoms with van der Waals surface area (Å²) < 4.78 is 0. The second-order valence-electron chi connectivity index (χ2n) is 5.98. The third kappa shape index (κ3) is 4.18. The van der Waals surface area contributed by atoms with Gasteiger partial charge in [0.15, 0.2) is 0 Å². The van der Waals surface area contributed by atoms with Gasteiger partial charge in [-0.05, 0) is 45.5 Å². The van der Waals surface area contributed by atoms with Crippen molar-refractivity contribution in [2.24, 2.45) is 5.92 Å². The molecule has 2 heterocycles. The maximum Gasteiger partial charge on any atom is 0.0442 e. The minimum Gasteiger partial charge on any atom is -0.371 e. The Balaban J connectivity index is 1.96. The van der Waals surface area contributed by atoms with Crippen molar-refractivity contribution in [1.82, 2.24) is 15.2 Å². The van der Waals surface area contributed by atoms with E-state index in [9.17, 15) is 0 Å². The van der Waals surface area contributed by atoms with Crippen LogP contribution in [0.4, 0.5) is 5.69 Å². The summed E-state index contributed by atoms with van der Waals surface area (Å²) in [4.78, 5) is 9.11. The van der Waals surface area contributed by atoms with E-state index < -0.39 is 0 Å². The first-order valence-electron chi connectivity index (χ1n) is 7.74. The molecule has 1 aliphatic heterocycles. The standard InChI is InChI=1S/C16H28N4/c1-4-17-11-15-12-18-8-5-16(15)20-9-6-14(7-10-20)13-19(2)3/h5,8,12,14,17H,4,6-7,9-11,13H2,1-3H3. The molecule has 112 valence electrons. The van der Waals surface area contributed by atoms with Gasteiger partial charge in [0, 0.05) is 49.8 Å². The summed E-state index contributed by atoms with van der Waals surface area (Å²) >= 11 is 0. The lowest BCUT2D eigenvalue weighted by Crippen LogP contribution is -2.37. The maximum absolute atomic E-state index is 4.27. The van der Waals surface area contributed by atoms with E-state index in [0.717, 1.165) is 19.0 Å². The minimum absolute atomic E-state index is 0.848. The SMILES string of the molecule is CCNCc1cnccc1N1CCC(CN(C)C)CC1. The number of anilines is 1. The molecule has 4 heteroatoms. The van der Waals surface area contributed by atoms with Crippen molar-refractivity contribution in [3.05, 3.63) is 24.0 Å². The molecule has 0 amide bonds. The molecule has 4 nitrogen and oxygen atoms in total. The highest BCUT2D eigenvalue weighted by atomic mass is 15.1. The van der Waals surface area contributed by atoms with E-state index in [1.54, 1.807) is 0 Å². The Morgan fingerprint density at radius 3 is 2.75 bits per heavy atom. The van der Waals surface area contributed by atoms with Crippen molar-refractivity contribution in [3.63, 3.8) is 0 Å². The number of nitrogens with zero attached hydrogens (tertiary/aromatic N) is 3. The van der Waals surface area contributed by atoms with E-state index in [0.29, 0.717) is 0 Å². The first kappa shape index (κ1) is 15.3. The van der Waals surface area contributed by atoms with Crippen LogP contribution in [0.3, 0.4) is 0 Å². The van der Waals surface area contributed by atoms with Gasteiger partial charge in [-0.15, -0.1) is 0 Å². The topological polar surface area (TPSA) is 31.4 Å². The summed E-state index contributed by atoms with van der Waals surface area (Å²) in [6, 6.07) is 2.17. The maximum atomic E-state index is 4.27. The fraction of sp³-hybridized carbons (Fsp3) is 0.688. The molecule has 1 aromatic rings. The Morgan fingerprint density at radius 2 is 2.10 bits per heavy atom. The van der Waals surface area contributed by atoms with Gasteiger partial charge in [-0.1, -0.05) is 6.92 Å². The predicted molar refractivity (Wildman–Crippen MR) is 85.1 cm³/mol. The summed E-state index contributed by atoms with van der Waals surface area (Å²) in [6.45, 7) is 7.61. The van der Waals surface area contributed by atoms with Crippen LogP contribution in [-0.4, -0.2) is 50.2 Å². The third-order valence-electron chi connectivity index (χ3n) is 4.02. The van der Waals surface area contributed by atoms with Crippen LogP contribution in [0.2, 0.25) is 0 Å². The predicted octanol–water partition coefficient (Wildman–Crippen LogP) is 1.97. The molecule has 0 aliphatic carbocycles. The second-order valence-corrected chi connectivity index (χ2v) is 5.98. The highest BCUT2D eigenvalue weighted by molar-refractivity contribution is 5.52. The molecule has 1 saturated heterocycles. The molecule has 0 aromatic carbocycles. The molecule has 0 atom stereocenters. The molecule has 20 heavy (non-hydrogen) atoms. The summed E-state index contributed by atoms with van der Waals surface area (Å²) in [7, 11) is 4.34. The fourth-order valence-electron chi connectivity index (χ4n) is 3.00. The fourth-order valence-corrected chi connectivity index (χ4v) is 3.00. The van der Waals surface area contributed by atoms with Crippen LogP contribution < -0.4 is 10.2 Å². The lowest BCUT2D eigenvalue weighted by atomic mass is 9.95. The van der Waals surface area contributed by atoms with Gasteiger partial charge in [0.2, 0.25) is 0 Å². The van der Waals surface area contributed by atoms with Crippen LogP contribution >= 0.6 is 0 Å². The number of rotatable bonds is 6. The smallest absolute Gasteiger partial charge is 0.0442 e. The van der Waals surface area contributed by atoms with E-state index >= 15 is 0 Å². The minimum atomic E-state index is 0.848. The Bertz CT molecular complexity index is 397. The summed E-state index contributed by atoms with van der Waals surface area (Å²) in [6.07, 6.45) is 6.50. The lowest BCUT2D eigenvalue weighted by molar-refractivity contribution is 0.285. The highest BCUT2D eigenvalue weighted by Crippen LogP contribution is 2.26. The van der Waals surface area contributed by atoms with E-state index in [-0.39, 0.29) is 0 Å². The number of hydrogen-bond acceptors (Lipinski definition) is 4. The number of piperidine rings is 1. The van der Waals surface area contributed by atoms with E-state index in [4.69, 9.17) is 0 Å². The van der Waals surface area contributed by atoms with Crippen LogP contribution in [0.5, 0.6) is 0 Å². The van der Waals surface area contributed by atoms with Crippen molar-refractivity contribution in [2.45, 2.75) is 26.3 Å². The van der Waals surface area contributed by atoms with Crippen molar-refractivity contribution >= 4 is 5.69 Å². The summed E-state index contributed by atoms with van der Waals surface area (Å²) in [5.41, 5.74) is 2.68. The Hall–Kier alpha value is -1.13. The Kier molecular flexibility index (Phi) is 5.80. The van der Waals surface area contributed by atoms with Gasteiger partial charge in [0.25, 0.3) is 0 Å². The Morgan fingerprint density at radius 1 is 1.35 bits per heavy atom. The highest BCUT2D eigenvalue weighted by Gasteiger charge is 2.21. The molecule has 0 radical (unpaired) electrons. The molecule has 1 fully saturated rings. The van der Waals surface area contributed by atoms with Gasteiger partial charge < -0.3 is 15.1 Å². The first-order valence-corrected chi connectivity index (χ1v) is 7.74. The molecule has 1 N–H and O–H groups in total. The average molecular weight is 276 g/mol. The molecular formula is C16H28N4. The first-order chi connectivity index (χ1) is 9.70. The zero-order valence-electron chi connectivity index (χ0n) is 13.1. The van der Waals surface area contributed by atoms with Gasteiger partial charge in [-0.2, -0.15) is 0 Å². The molecule has 0 saturated carbocycles. The van der Waals surface area contributed by atoms with Gasteiger partial charge >= 0.3 is 0 Å². The van der Waals surface area contributed by atoms with Crippen molar-refractivity contribution in [2.75, 3.05) is 45.2 Å². The average Bonchev–Trinajstić information content (AvgIpc) is 2.46. The van der Waals surface area contributed by atoms with Crippen molar-refractivity contribution in [3.8, 4) is 0 Å². The van der Waals surface area contributed by atoms with Crippen LogP contribution in [-0.2, 0) is 6.54 Å². The molecule has 0 bridgehead atoms. The molecular weight excluding hydrogens is 248 g/mol. The summed E-state index contributed by atoms with van der Waals surface area (Å²) in [5.74, 6) is 0.848. The molecule has 0 spiro atoms. The largest absolute Gasteiger partial charge is 0.371 e. The number of hydrogen-bond donors (Lipinski definition) is 1.